The highest BCUT2D eigenvalue weighted by Gasteiger charge is 2.29. The normalized spacial score (nSPS) is 15.7. The van der Waals surface area contributed by atoms with Gasteiger partial charge in [-0.25, -0.2) is 4.79 Å². The minimum absolute atomic E-state index is 0.154. The molecule has 5 rings (SSSR count). The van der Waals surface area contributed by atoms with Crippen molar-refractivity contribution in [3.63, 3.8) is 0 Å². The molecule has 170 valence electrons. The summed E-state index contributed by atoms with van der Waals surface area (Å²) in [6, 6.07) is 12.7. The Morgan fingerprint density at radius 3 is 2.85 bits per heavy atom. The molecule has 8 nitrogen and oxygen atoms in total. The number of likely N-dealkylation sites (N-methyl/N-ethyl adjacent to an activating group) is 1. The van der Waals surface area contributed by atoms with Gasteiger partial charge in [-0.3, -0.25) is 9.78 Å². The number of hydrogen-bond acceptors (Lipinski definition) is 7. The summed E-state index contributed by atoms with van der Waals surface area (Å²) in [5.41, 5.74) is 3.59. The van der Waals surface area contributed by atoms with Crippen molar-refractivity contribution >= 4 is 28.5 Å². The van der Waals surface area contributed by atoms with Crippen LogP contribution in [0.15, 0.2) is 42.5 Å². The minimum Gasteiger partial charge on any atom is -0.454 e. The number of carbonyl (C=O) groups is 2. The van der Waals surface area contributed by atoms with E-state index in [0.29, 0.717) is 35.7 Å². The number of amides is 1. The van der Waals surface area contributed by atoms with Gasteiger partial charge in [-0.1, -0.05) is 25.1 Å². The molecule has 3 heterocycles. The topological polar surface area (TPSA) is 90.0 Å². The number of fused-ring (bicyclic) bond motifs is 3. The average molecular weight is 447 g/mol. The van der Waals surface area contributed by atoms with Crippen LogP contribution in [-0.4, -0.2) is 48.2 Å². The van der Waals surface area contributed by atoms with Gasteiger partial charge in [-0.2, -0.15) is 0 Å². The van der Waals surface area contributed by atoms with Gasteiger partial charge >= 0.3 is 5.97 Å². The first-order valence-corrected chi connectivity index (χ1v) is 11.0. The van der Waals surface area contributed by atoms with E-state index in [1.54, 1.807) is 18.2 Å². The summed E-state index contributed by atoms with van der Waals surface area (Å²) in [5, 5.41) is 3.55. The van der Waals surface area contributed by atoms with E-state index in [0.717, 1.165) is 35.1 Å². The first kappa shape index (κ1) is 21.2. The first-order chi connectivity index (χ1) is 16.0. The number of ether oxygens (including phenoxy) is 3. The molecule has 0 aliphatic carbocycles. The first-order valence-electron chi connectivity index (χ1n) is 11.0. The fourth-order valence-corrected chi connectivity index (χ4v) is 4.27. The summed E-state index contributed by atoms with van der Waals surface area (Å²) in [7, 11) is 2.01. The number of rotatable bonds is 5. The fourth-order valence-electron chi connectivity index (χ4n) is 4.27. The van der Waals surface area contributed by atoms with Crippen molar-refractivity contribution in [2.24, 2.45) is 0 Å². The number of carbonyl (C=O) groups excluding carboxylic acids is 2. The SMILES string of the molecule is CCC(OC(=O)c1c2c(nc3ccccc13)CCN(C)C2)C(=O)Nc1ccc2c(c1)OCO2. The van der Waals surface area contributed by atoms with Crippen molar-refractivity contribution in [2.75, 3.05) is 25.7 Å². The van der Waals surface area contributed by atoms with Gasteiger partial charge in [-0.15, -0.1) is 0 Å². The number of pyridine rings is 1. The van der Waals surface area contributed by atoms with Gasteiger partial charge in [0.1, 0.15) is 0 Å². The van der Waals surface area contributed by atoms with Gasteiger partial charge < -0.3 is 24.4 Å². The summed E-state index contributed by atoms with van der Waals surface area (Å²) in [4.78, 5) is 33.3. The molecule has 1 aromatic heterocycles. The van der Waals surface area contributed by atoms with E-state index in [9.17, 15) is 9.59 Å². The Morgan fingerprint density at radius 1 is 1.18 bits per heavy atom. The molecule has 2 aromatic carbocycles. The fraction of sp³-hybridized carbons (Fsp3) is 0.320. The maximum atomic E-state index is 13.4. The van der Waals surface area contributed by atoms with Crippen LogP contribution in [0.4, 0.5) is 5.69 Å². The average Bonchev–Trinajstić information content (AvgIpc) is 3.28. The van der Waals surface area contributed by atoms with Crippen molar-refractivity contribution in [3.05, 3.63) is 59.3 Å². The Balaban J connectivity index is 1.41. The summed E-state index contributed by atoms with van der Waals surface area (Å²) >= 11 is 0. The number of esters is 1. The predicted molar refractivity (Wildman–Crippen MR) is 122 cm³/mol. The third kappa shape index (κ3) is 4.09. The summed E-state index contributed by atoms with van der Waals surface area (Å²) in [6.07, 6.45) is 0.165. The van der Waals surface area contributed by atoms with Crippen LogP contribution < -0.4 is 14.8 Å². The Morgan fingerprint density at radius 2 is 2.00 bits per heavy atom. The van der Waals surface area contributed by atoms with E-state index < -0.39 is 18.0 Å². The molecule has 0 spiro atoms. The molecule has 0 saturated carbocycles. The molecule has 2 aliphatic heterocycles. The Kier molecular flexibility index (Phi) is 5.60. The highest BCUT2D eigenvalue weighted by atomic mass is 16.7. The van der Waals surface area contributed by atoms with Crippen molar-refractivity contribution in [3.8, 4) is 11.5 Å². The van der Waals surface area contributed by atoms with E-state index in [-0.39, 0.29) is 6.79 Å². The highest BCUT2D eigenvalue weighted by molar-refractivity contribution is 6.06. The summed E-state index contributed by atoms with van der Waals surface area (Å²) < 4.78 is 16.4. The van der Waals surface area contributed by atoms with Crippen LogP contribution in [0.25, 0.3) is 10.9 Å². The Hall–Kier alpha value is -3.65. The van der Waals surface area contributed by atoms with Crippen LogP contribution >= 0.6 is 0 Å². The van der Waals surface area contributed by atoms with Gasteiger partial charge in [0.2, 0.25) is 6.79 Å². The molecule has 8 heteroatoms. The van der Waals surface area contributed by atoms with E-state index in [2.05, 4.69) is 10.2 Å². The molecule has 33 heavy (non-hydrogen) atoms. The number of hydrogen-bond donors (Lipinski definition) is 1. The third-order valence-electron chi connectivity index (χ3n) is 5.99. The Labute approximate surface area is 191 Å². The van der Waals surface area contributed by atoms with Gasteiger partial charge in [0.15, 0.2) is 17.6 Å². The van der Waals surface area contributed by atoms with Crippen LogP contribution in [0.3, 0.4) is 0 Å². The largest absolute Gasteiger partial charge is 0.454 e. The van der Waals surface area contributed by atoms with Crippen LogP contribution in [-0.2, 0) is 22.5 Å². The van der Waals surface area contributed by atoms with Gasteiger partial charge in [0.25, 0.3) is 5.91 Å². The number of para-hydroxylation sites is 1. The number of aromatic nitrogens is 1. The molecular formula is C25H25N3O5. The second kappa shape index (κ2) is 8.71. The predicted octanol–water partition coefficient (Wildman–Crippen LogP) is 3.53. The van der Waals surface area contributed by atoms with Crippen LogP contribution in [0.1, 0.15) is 35.0 Å². The molecule has 0 radical (unpaired) electrons. The number of nitrogens with zero attached hydrogens (tertiary/aromatic N) is 2. The van der Waals surface area contributed by atoms with E-state index >= 15 is 0 Å². The zero-order chi connectivity index (χ0) is 22.9. The van der Waals surface area contributed by atoms with E-state index in [1.807, 2.05) is 38.2 Å². The second-order valence-electron chi connectivity index (χ2n) is 8.28. The quantitative estimate of drug-likeness (QED) is 0.599. The molecule has 1 atom stereocenters. The van der Waals surface area contributed by atoms with Crippen LogP contribution in [0.2, 0.25) is 0 Å². The maximum absolute atomic E-state index is 13.4. The van der Waals surface area contributed by atoms with Crippen molar-refractivity contribution in [1.82, 2.24) is 9.88 Å². The van der Waals surface area contributed by atoms with E-state index in [4.69, 9.17) is 19.2 Å². The standard InChI is InChI=1S/C25H25N3O5/c1-3-20(24(29)26-15-8-9-21-22(12-15)32-14-31-21)33-25(30)23-16-6-4-5-7-18(16)27-19-10-11-28(2)13-17(19)23/h4-9,12,20H,3,10-11,13-14H2,1-2H3,(H,26,29). The smallest absolute Gasteiger partial charge is 0.340 e. The molecule has 0 saturated heterocycles. The van der Waals surface area contributed by atoms with Crippen molar-refractivity contribution < 1.29 is 23.8 Å². The molecule has 1 unspecified atom stereocenters. The second-order valence-corrected chi connectivity index (χ2v) is 8.28. The zero-order valence-corrected chi connectivity index (χ0v) is 18.6. The minimum atomic E-state index is -0.938. The molecule has 1 N–H and O–H groups in total. The third-order valence-corrected chi connectivity index (χ3v) is 5.99. The van der Waals surface area contributed by atoms with Crippen LogP contribution in [0, 0.1) is 0 Å². The molecule has 3 aromatic rings. The summed E-state index contributed by atoms with van der Waals surface area (Å²) in [5.74, 6) is 0.296. The molecule has 0 bridgehead atoms. The number of anilines is 1. The van der Waals surface area contributed by atoms with Crippen molar-refractivity contribution in [2.45, 2.75) is 32.4 Å². The highest BCUT2D eigenvalue weighted by Crippen LogP contribution is 2.34. The lowest BCUT2D eigenvalue weighted by Crippen LogP contribution is -2.34. The maximum Gasteiger partial charge on any atom is 0.340 e. The number of nitrogens with one attached hydrogen (secondary N) is 1. The molecule has 1 amide bonds. The van der Waals surface area contributed by atoms with Gasteiger partial charge in [-0.05, 0) is 31.7 Å². The number of benzene rings is 2. The monoisotopic (exact) mass is 447 g/mol. The lowest BCUT2D eigenvalue weighted by atomic mass is 9.96. The molecule has 2 aliphatic rings. The lowest BCUT2D eigenvalue weighted by molar-refractivity contribution is -0.124. The summed E-state index contributed by atoms with van der Waals surface area (Å²) in [6.45, 7) is 3.45. The Bertz CT molecular complexity index is 1240. The van der Waals surface area contributed by atoms with Gasteiger partial charge in [0, 0.05) is 47.9 Å². The van der Waals surface area contributed by atoms with E-state index in [1.165, 1.54) is 0 Å². The molecular weight excluding hydrogens is 422 g/mol. The van der Waals surface area contributed by atoms with Crippen molar-refractivity contribution in [1.29, 1.82) is 0 Å². The lowest BCUT2D eigenvalue weighted by Gasteiger charge is -2.27. The molecule has 0 fully saturated rings. The zero-order valence-electron chi connectivity index (χ0n) is 18.6. The van der Waals surface area contributed by atoms with Gasteiger partial charge in [0.05, 0.1) is 11.1 Å². The van der Waals surface area contributed by atoms with Crippen LogP contribution in [0.5, 0.6) is 11.5 Å².